The van der Waals surface area contributed by atoms with Gasteiger partial charge in [-0.3, -0.25) is 5.41 Å². The number of aliphatic imine (C=N–C) groups is 1. The van der Waals surface area contributed by atoms with Gasteiger partial charge in [-0.2, -0.15) is 0 Å². The molecule has 0 aromatic heterocycles. The normalized spacial score (nSPS) is 14.1. The van der Waals surface area contributed by atoms with Crippen LogP contribution in [0.25, 0.3) is 0 Å². The smallest absolute Gasteiger partial charge is 0.154 e. The molecule has 0 saturated carbocycles. The van der Waals surface area contributed by atoms with Gasteiger partial charge in [0.1, 0.15) is 5.84 Å². The monoisotopic (exact) mass is 361 g/mol. The van der Waals surface area contributed by atoms with Gasteiger partial charge in [-0.05, 0) is 19.8 Å². The lowest BCUT2D eigenvalue weighted by molar-refractivity contribution is 0.273. The Morgan fingerprint density at radius 3 is 2.07 bits per heavy atom. The fraction of sp³-hybridized carbons (Fsp3) is 0.333. The molecule has 0 saturated heterocycles. The van der Waals surface area contributed by atoms with Gasteiger partial charge in [0.2, 0.25) is 0 Å². The van der Waals surface area contributed by atoms with Crippen molar-refractivity contribution in [3.63, 3.8) is 0 Å². The van der Waals surface area contributed by atoms with E-state index in [-0.39, 0.29) is 11.4 Å². The molecule has 0 amide bonds. The third-order valence-corrected chi connectivity index (χ3v) is 4.85. The quantitative estimate of drug-likeness (QED) is 0.371. The Labute approximate surface area is 164 Å². The van der Waals surface area contributed by atoms with E-state index in [1.165, 1.54) is 0 Å². The van der Waals surface area contributed by atoms with Gasteiger partial charge in [0.05, 0.1) is 5.54 Å². The number of likely N-dealkylation sites (N-methyl/N-ethyl adjacent to an activating group) is 1. The van der Waals surface area contributed by atoms with E-state index in [4.69, 9.17) is 10.4 Å². The van der Waals surface area contributed by atoms with Crippen LogP contribution in [0.2, 0.25) is 0 Å². The Bertz CT molecular complexity index is 778. The molecule has 1 N–H and O–H groups in total. The molecule has 142 valence electrons. The largest absolute Gasteiger partial charge is 0.350 e. The van der Waals surface area contributed by atoms with Crippen LogP contribution in [0, 0.1) is 5.41 Å². The lowest BCUT2D eigenvalue weighted by atomic mass is 9.92. The first-order valence-corrected chi connectivity index (χ1v) is 9.71. The summed E-state index contributed by atoms with van der Waals surface area (Å²) in [5, 5.41) is 8.52. The van der Waals surface area contributed by atoms with Crippen molar-refractivity contribution in [1.29, 1.82) is 5.41 Å². The number of allylic oxidation sites excluding steroid dienone is 1. The van der Waals surface area contributed by atoms with E-state index >= 15 is 0 Å². The van der Waals surface area contributed by atoms with Crippen LogP contribution in [-0.4, -0.2) is 29.2 Å². The zero-order valence-electron chi connectivity index (χ0n) is 16.9. The molecule has 2 aromatic rings. The molecule has 27 heavy (non-hydrogen) atoms. The molecular formula is C24H31N3. The van der Waals surface area contributed by atoms with E-state index in [0.29, 0.717) is 0 Å². The van der Waals surface area contributed by atoms with Gasteiger partial charge >= 0.3 is 0 Å². The minimum atomic E-state index is -0.156. The first kappa shape index (κ1) is 20.6. The molecule has 0 aliphatic heterocycles. The second kappa shape index (κ2) is 9.86. The van der Waals surface area contributed by atoms with Crippen molar-refractivity contribution in [2.75, 3.05) is 7.05 Å². The van der Waals surface area contributed by atoms with Gasteiger partial charge in [-0.1, -0.05) is 93.1 Å². The standard InChI is InChI=1S/C24H31N3/c1-5-7-19-24(3,18-6-2)27(4)23(21-16-12-9-13-17-21)26-22(25)20-14-10-8-11-15-20/h7-17,19,25H,5-6,18H2,1-4H3/b19-7-,25-22?,26-23-. The highest BCUT2D eigenvalue weighted by Crippen LogP contribution is 2.25. The molecule has 3 heteroatoms. The van der Waals surface area contributed by atoms with Crippen molar-refractivity contribution in [3.05, 3.63) is 83.9 Å². The number of amidine groups is 2. The maximum absolute atomic E-state index is 8.52. The number of benzene rings is 2. The van der Waals surface area contributed by atoms with E-state index in [1.54, 1.807) is 0 Å². The first-order valence-electron chi connectivity index (χ1n) is 9.71. The van der Waals surface area contributed by atoms with Crippen LogP contribution in [0.15, 0.2) is 77.8 Å². The fourth-order valence-corrected chi connectivity index (χ4v) is 3.17. The molecule has 0 aliphatic rings. The minimum Gasteiger partial charge on any atom is -0.350 e. The summed E-state index contributed by atoms with van der Waals surface area (Å²) >= 11 is 0. The van der Waals surface area contributed by atoms with Crippen molar-refractivity contribution in [2.24, 2.45) is 4.99 Å². The molecule has 3 nitrogen and oxygen atoms in total. The summed E-state index contributed by atoms with van der Waals surface area (Å²) in [5.74, 6) is 1.10. The lowest BCUT2D eigenvalue weighted by Gasteiger charge is -2.39. The van der Waals surface area contributed by atoms with E-state index in [9.17, 15) is 0 Å². The molecular weight excluding hydrogens is 330 g/mol. The average molecular weight is 362 g/mol. The van der Waals surface area contributed by atoms with Crippen LogP contribution in [0.1, 0.15) is 51.2 Å². The Hall–Kier alpha value is -2.68. The second-order valence-electron chi connectivity index (χ2n) is 6.99. The SMILES string of the molecule is CC/C=C\C(C)(CCC)N(C)/C(=N\C(=N)c1ccccc1)c1ccccc1. The Morgan fingerprint density at radius 1 is 1.00 bits per heavy atom. The van der Waals surface area contributed by atoms with Gasteiger partial charge in [0, 0.05) is 18.2 Å². The predicted octanol–water partition coefficient (Wildman–Crippen LogP) is 5.92. The van der Waals surface area contributed by atoms with Crippen LogP contribution < -0.4 is 0 Å². The lowest BCUT2D eigenvalue weighted by Crippen LogP contribution is -2.46. The average Bonchev–Trinajstić information content (AvgIpc) is 2.71. The highest BCUT2D eigenvalue weighted by molar-refractivity contribution is 6.10. The molecule has 1 atom stereocenters. The number of rotatable bonds is 7. The van der Waals surface area contributed by atoms with Crippen LogP contribution in [0.5, 0.6) is 0 Å². The Balaban J connectivity index is 2.50. The minimum absolute atomic E-state index is 0.156. The van der Waals surface area contributed by atoms with Crippen LogP contribution in [-0.2, 0) is 0 Å². The van der Waals surface area contributed by atoms with E-state index in [1.807, 2.05) is 48.5 Å². The van der Waals surface area contributed by atoms with Crippen LogP contribution >= 0.6 is 0 Å². The van der Waals surface area contributed by atoms with Crippen LogP contribution in [0.4, 0.5) is 0 Å². The van der Waals surface area contributed by atoms with E-state index in [2.05, 4.69) is 57.0 Å². The molecule has 2 aromatic carbocycles. The second-order valence-corrected chi connectivity index (χ2v) is 6.99. The molecule has 0 fully saturated rings. The Morgan fingerprint density at radius 2 is 1.56 bits per heavy atom. The third-order valence-electron chi connectivity index (χ3n) is 4.85. The summed E-state index contributed by atoms with van der Waals surface area (Å²) in [5.41, 5.74) is 1.68. The zero-order chi connectivity index (χ0) is 19.7. The van der Waals surface area contributed by atoms with Crippen molar-refractivity contribution < 1.29 is 0 Å². The molecule has 0 heterocycles. The van der Waals surface area contributed by atoms with Crippen molar-refractivity contribution in [3.8, 4) is 0 Å². The van der Waals surface area contributed by atoms with Crippen molar-refractivity contribution in [2.45, 2.75) is 45.6 Å². The van der Waals surface area contributed by atoms with Gasteiger partial charge in [-0.25, -0.2) is 4.99 Å². The highest BCUT2D eigenvalue weighted by Gasteiger charge is 2.28. The number of hydrogen-bond acceptors (Lipinski definition) is 1. The molecule has 0 radical (unpaired) electrons. The number of nitrogens with zero attached hydrogens (tertiary/aromatic N) is 2. The topological polar surface area (TPSA) is 39.5 Å². The van der Waals surface area contributed by atoms with E-state index < -0.39 is 0 Å². The molecule has 1 unspecified atom stereocenters. The van der Waals surface area contributed by atoms with Gasteiger partial charge in [0.25, 0.3) is 0 Å². The first-order chi connectivity index (χ1) is 13.0. The maximum Gasteiger partial charge on any atom is 0.154 e. The van der Waals surface area contributed by atoms with Gasteiger partial charge in [-0.15, -0.1) is 0 Å². The third kappa shape index (κ3) is 5.40. The Kier molecular flexibility index (Phi) is 7.54. The molecule has 0 spiro atoms. The molecule has 0 bridgehead atoms. The van der Waals surface area contributed by atoms with Crippen LogP contribution in [0.3, 0.4) is 0 Å². The summed E-state index contributed by atoms with van der Waals surface area (Å²) in [6, 6.07) is 19.9. The fourth-order valence-electron chi connectivity index (χ4n) is 3.17. The summed E-state index contributed by atoms with van der Waals surface area (Å²) in [7, 11) is 2.08. The molecule has 0 aliphatic carbocycles. The highest BCUT2D eigenvalue weighted by atomic mass is 15.2. The van der Waals surface area contributed by atoms with Gasteiger partial charge in [0.15, 0.2) is 5.84 Å². The summed E-state index contributed by atoms with van der Waals surface area (Å²) in [6.45, 7) is 6.60. The van der Waals surface area contributed by atoms with Crippen molar-refractivity contribution >= 4 is 11.7 Å². The van der Waals surface area contributed by atoms with Gasteiger partial charge < -0.3 is 4.90 Å². The molecule has 2 rings (SSSR count). The van der Waals surface area contributed by atoms with Crippen molar-refractivity contribution in [1.82, 2.24) is 4.90 Å². The summed E-state index contributed by atoms with van der Waals surface area (Å²) < 4.78 is 0. The summed E-state index contributed by atoms with van der Waals surface area (Å²) in [4.78, 5) is 6.98. The maximum atomic E-state index is 8.52. The zero-order valence-corrected chi connectivity index (χ0v) is 16.9. The number of nitrogens with one attached hydrogen (secondary N) is 1. The van der Waals surface area contributed by atoms with E-state index in [0.717, 1.165) is 36.2 Å². The predicted molar refractivity (Wildman–Crippen MR) is 117 cm³/mol. The summed E-state index contributed by atoms with van der Waals surface area (Å²) in [6.07, 6.45) is 7.60. The number of hydrogen-bond donors (Lipinski definition) is 1.